The molecular formula is C61H69ClN10O13. The van der Waals surface area contributed by atoms with E-state index in [0.717, 1.165) is 21.4 Å². The molecule has 0 fully saturated rings. The maximum absolute atomic E-state index is 14.6. The van der Waals surface area contributed by atoms with Gasteiger partial charge in [0.25, 0.3) is 23.6 Å². The first-order valence-corrected chi connectivity index (χ1v) is 28.2. The predicted octanol–water partition coefficient (Wildman–Crippen LogP) is 6.79. The van der Waals surface area contributed by atoms with Crippen LogP contribution in [0.4, 0.5) is 26.7 Å². The topological polar surface area (TPSA) is 263 Å². The van der Waals surface area contributed by atoms with Crippen molar-refractivity contribution in [3.05, 3.63) is 137 Å². The lowest BCUT2D eigenvalue weighted by Crippen LogP contribution is -2.51. The summed E-state index contributed by atoms with van der Waals surface area (Å²) >= 11 is 6.67. The molecule has 2 aliphatic rings. The van der Waals surface area contributed by atoms with E-state index in [2.05, 4.69) is 20.9 Å². The number of fused-ring (bicyclic) bond motifs is 4. The molecule has 4 aromatic carbocycles. The van der Waals surface area contributed by atoms with Gasteiger partial charge in [0.2, 0.25) is 11.8 Å². The van der Waals surface area contributed by atoms with Gasteiger partial charge in [0.05, 0.1) is 50.4 Å². The number of ether oxygens (including phenoxy) is 4. The average Bonchev–Trinajstić information content (AvgIpc) is 2.15. The molecule has 2 aromatic heterocycles. The summed E-state index contributed by atoms with van der Waals surface area (Å²) in [5.74, 6) is -2.25. The third-order valence-electron chi connectivity index (χ3n) is 14.4. The molecule has 8 amide bonds. The number of phenolic OH excluding ortho intramolecular Hbond substituents is 1. The molecule has 85 heavy (non-hydrogen) atoms. The maximum atomic E-state index is 14.6. The summed E-state index contributed by atoms with van der Waals surface area (Å²) in [6, 6.07) is 21.9. The van der Waals surface area contributed by atoms with Crippen molar-refractivity contribution in [2.75, 3.05) is 102 Å². The second-order valence-corrected chi connectivity index (χ2v) is 21.5. The summed E-state index contributed by atoms with van der Waals surface area (Å²) in [4.78, 5) is 117. The second-order valence-electron chi connectivity index (χ2n) is 21.2. The van der Waals surface area contributed by atoms with E-state index in [1.807, 2.05) is 53.1 Å². The highest BCUT2D eigenvalue weighted by atomic mass is 35.5. The van der Waals surface area contributed by atoms with Crippen LogP contribution in [0.15, 0.2) is 109 Å². The number of anilines is 3. The smallest absolute Gasteiger partial charge is 0.415 e. The van der Waals surface area contributed by atoms with Gasteiger partial charge in [-0.3, -0.25) is 38.6 Å². The first-order chi connectivity index (χ1) is 40.7. The summed E-state index contributed by atoms with van der Waals surface area (Å²) in [7, 11) is 5.14. The van der Waals surface area contributed by atoms with Crippen LogP contribution in [0.5, 0.6) is 11.5 Å². The number of aromatic hydroxyl groups is 1. The van der Waals surface area contributed by atoms with E-state index in [4.69, 9.17) is 30.5 Å². The number of aromatic nitrogens is 2. The number of carbonyl (C=O) groups is 8. The average molecular weight is 1190 g/mol. The number of alkyl halides is 1. The molecule has 2 aliphatic heterocycles. The zero-order valence-corrected chi connectivity index (χ0v) is 49.1. The molecule has 0 spiro atoms. The normalized spacial score (nSPS) is 14.4. The Bertz CT molecular complexity index is 3470. The molecule has 8 rings (SSSR count). The Hall–Kier alpha value is -8.90. The number of rotatable bonds is 25. The maximum Gasteiger partial charge on any atom is 0.415 e. The Kier molecular flexibility index (Phi) is 20.6. The molecule has 4 heterocycles. The molecule has 0 bridgehead atoms. The van der Waals surface area contributed by atoms with Gasteiger partial charge < -0.3 is 59.1 Å². The van der Waals surface area contributed by atoms with E-state index in [0.29, 0.717) is 39.2 Å². The number of amides is 8. The van der Waals surface area contributed by atoms with Gasteiger partial charge in [0.15, 0.2) is 0 Å². The number of hydrogen-bond acceptors (Lipinski definition) is 15. The molecule has 4 N–H and O–H groups in total. The molecule has 23 nitrogen and oxygen atoms in total. The zero-order valence-electron chi connectivity index (χ0n) is 48.3. The number of pyridine rings is 1. The zero-order chi connectivity index (χ0) is 61.1. The van der Waals surface area contributed by atoms with E-state index in [-0.39, 0.29) is 107 Å². The van der Waals surface area contributed by atoms with Crippen LogP contribution in [0.25, 0.3) is 16.4 Å². The van der Waals surface area contributed by atoms with E-state index in [9.17, 15) is 43.5 Å². The number of aryl methyl sites for hydroxylation is 1. The minimum atomic E-state index is -0.805. The van der Waals surface area contributed by atoms with Gasteiger partial charge in [-0.05, 0) is 104 Å². The highest BCUT2D eigenvalue weighted by Crippen LogP contribution is 2.47. The lowest BCUT2D eigenvalue weighted by molar-refractivity contribution is -0.137. The fourth-order valence-corrected chi connectivity index (χ4v) is 10.3. The molecule has 6 aromatic rings. The van der Waals surface area contributed by atoms with E-state index < -0.39 is 53.8 Å². The molecule has 448 valence electrons. The predicted molar refractivity (Wildman–Crippen MR) is 318 cm³/mol. The van der Waals surface area contributed by atoms with Crippen LogP contribution in [-0.2, 0) is 40.0 Å². The molecular weight excluding hydrogens is 1120 g/mol. The minimum Gasteiger partial charge on any atom is -0.508 e. The number of phenols is 1. The molecule has 0 unspecified atom stereocenters. The monoisotopic (exact) mass is 1180 g/mol. The third kappa shape index (κ3) is 15.3. The number of nitrogens with zero attached hydrogens (tertiary/aromatic N) is 7. The van der Waals surface area contributed by atoms with Crippen molar-refractivity contribution in [2.45, 2.75) is 52.3 Å². The van der Waals surface area contributed by atoms with Crippen LogP contribution in [-0.4, -0.2) is 180 Å². The summed E-state index contributed by atoms with van der Waals surface area (Å²) in [6.45, 7) is 7.89. The number of imide groups is 1. The minimum absolute atomic E-state index is 0.00100. The van der Waals surface area contributed by atoms with Gasteiger partial charge in [-0.25, -0.2) is 14.6 Å². The number of imidazole rings is 1. The fraction of sp³-hybridized carbons (Fsp3) is 0.361. The molecule has 3 atom stereocenters. The van der Waals surface area contributed by atoms with Crippen LogP contribution in [0, 0.1) is 12.8 Å². The number of nitrogens with one attached hydrogen (secondary N) is 3. The number of likely N-dealkylation sites (N-methyl/N-ethyl adjacent to an activating group) is 2. The highest BCUT2D eigenvalue weighted by molar-refractivity contribution is 6.19. The SMILES string of the molecule is Cc1cccc2c(OC(=O)N(CCOCCOCCN3C(=O)C=CC3=O)CCN(C)C(=O)OCc3ccc(NC(=O)[C@H](C)NC(=O)[C@H](C(C)C)N(C)C)cc3)cc3c(c12)[C@H](CCl)CN3C(=O)c1cn2cc(NC(=O)c3ccc(O)cc3)ccc2n1. The Morgan fingerprint density at radius 2 is 1.48 bits per heavy atom. The van der Waals surface area contributed by atoms with Crippen molar-refractivity contribution in [1.82, 2.24) is 34.3 Å². The molecule has 0 saturated heterocycles. The number of benzene rings is 4. The molecule has 0 radical (unpaired) electrons. The van der Waals surface area contributed by atoms with Crippen molar-refractivity contribution in [3.63, 3.8) is 0 Å². The van der Waals surface area contributed by atoms with Crippen molar-refractivity contribution in [2.24, 2.45) is 5.92 Å². The third-order valence-corrected chi connectivity index (χ3v) is 14.8. The van der Waals surface area contributed by atoms with Gasteiger partial charge >= 0.3 is 12.2 Å². The summed E-state index contributed by atoms with van der Waals surface area (Å²) in [5, 5.41) is 19.4. The van der Waals surface area contributed by atoms with Crippen molar-refractivity contribution < 1.29 is 62.4 Å². The molecule has 24 heteroatoms. The number of carbonyl (C=O) groups excluding carboxylic acids is 8. The largest absolute Gasteiger partial charge is 0.508 e. The Morgan fingerprint density at radius 3 is 2.16 bits per heavy atom. The standard InChI is InChI=1S/C61H69ClN10O13/c1-37(2)55(67(5)6)58(78)63-39(4)56(76)64-43-15-11-40(12-16-43)36-84-60(80)68(7)23-24-69(25-27-82-29-30-83-28-26-71-51(74)21-22-52(71)75)61(81)85-49-31-48-54(53-38(3)9-8-10-46(49)53)42(32-62)33-72(48)59(79)47-35-70-34-44(17-20-50(70)66-47)65-57(77)41-13-18-45(73)19-14-41/h8-22,31,34-35,37,39,42,55,73H,23-30,32-33,36H2,1-7H3,(H,63,78)(H,64,76)(H,65,77)/t39-,42+,55-/m0/s1. The fourth-order valence-electron chi connectivity index (χ4n) is 10.0. The number of hydrogen-bond donors (Lipinski definition) is 4. The van der Waals surface area contributed by atoms with Gasteiger partial charge in [0.1, 0.15) is 35.5 Å². The Labute approximate surface area is 496 Å². The quantitative estimate of drug-likeness (QED) is 0.0261. The van der Waals surface area contributed by atoms with Crippen LogP contribution >= 0.6 is 11.6 Å². The van der Waals surface area contributed by atoms with Crippen molar-refractivity contribution in [3.8, 4) is 11.5 Å². The van der Waals surface area contributed by atoms with Crippen molar-refractivity contribution in [1.29, 1.82) is 0 Å². The van der Waals surface area contributed by atoms with Gasteiger partial charge in [-0.1, -0.05) is 44.2 Å². The summed E-state index contributed by atoms with van der Waals surface area (Å²) in [6.07, 6.45) is 4.12. The van der Waals surface area contributed by atoms with Crippen LogP contribution in [0.1, 0.15) is 64.2 Å². The van der Waals surface area contributed by atoms with Crippen molar-refractivity contribution >= 4 is 92.7 Å². The van der Waals surface area contributed by atoms with Gasteiger partial charge in [-0.15, -0.1) is 11.6 Å². The lowest BCUT2D eigenvalue weighted by Gasteiger charge is -2.28. The van der Waals surface area contributed by atoms with Crippen LogP contribution in [0.3, 0.4) is 0 Å². The summed E-state index contributed by atoms with van der Waals surface area (Å²) < 4.78 is 25.0. The summed E-state index contributed by atoms with van der Waals surface area (Å²) in [5.41, 5.74) is 4.55. The highest BCUT2D eigenvalue weighted by Gasteiger charge is 2.37. The molecule has 0 aliphatic carbocycles. The van der Waals surface area contributed by atoms with Gasteiger partial charge in [-0.2, -0.15) is 0 Å². The Morgan fingerprint density at radius 1 is 0.788 bits per heavy atom. The Balaban J connectivity index is 0.940. The first kappa shape index (κ1) is 62.2. The van der Waals surface area contributed by atoms with E-state index in [1.165, 1.54) is 53.3 Å². The first-order valence-electron chi connectivity index (χ1n) is 27.6. The number of halogens is 1. The van der Waals surface area contributed by atoms with E-state index >= 15 is 0 Å². The van der Waals surface area contributed by atoms with E-state index in [1.54, 1.807) is 76.0 Å². The van der Waals surface area contributed by atoms with Crippen LogP contribution in [0.2, 0.25) is 0 Å². The second kappa shape index (κ2) is 28.1. The lowest BCUT2D eigenvalue weighted by atomic mass is 9.92. The van der Waals surface area contributed by atoms with Crippen LogP contribution < -0.4 is 25.6 Å². The molecule has 0 saturated carbocycles. The van der Waals surface area contributed by atoms with Gasteiger partial charge in [0, 0.05) is 92.3 Å².